The minimum absolute atomic E-state index is 0.0149. The molecule has 44 heavy (non-hydrogen) atoms. The molecule has 1 aliphatic rings. The molecule has 2 aromatic rings. The molecule has 0 saturated carbocycles. The molecule has 1 heterocycles. The molecule has 0 unspecified atom stereocenters. The van der Waals surface area contributed by atoms with E-state index in [0.29, 0.717) is 25.8 Å². The van der Waals surface area contributed by atoms with Crippen molar-refractivity contribution in [2.24, 2.45) is 5.41 Å². The first-order valence-corrected chi connectivity index (χ1v) is 15.8. The molecule has 7 heteroatoms. The summed E-state index contributed by atoms with van der Waals surface area (Å²) in [7, 11) is 3.36. The van der Waals surface area contributed by atoms with E-state index >= 15 is 0 Å². The Kier molecular flexibility index (Phi) is 12.6. The van der Waals surface area contributed by atoms with Gasteiger partial charge in [-0.05, 0) is 79.0 Å². The zero-order valence-electron chi connectivity index (χ0n) is 27.5. The van der Waals surface area contributed by atoms with Crippen molar-refractivity contribution < 1.29 is 23.8 Å². The second-order valence-corrected chi connectivity index (χ2v) is 12.7. The number of carbonyl (C=O) groups is 2. The summed E-state index contributed by atoms with van der Waals surface area (Å²) in [6, 6.07) is 9.57. The van der Waals surface area contributed by atoms with Gasteiger partial charge >= 0.3 is 6.09 Å². The number of benzene rings is 2. The van der Waals surface area contributed by atoms with E-state index in [4.69, 9.17) is 14.2 Å². The molecule has 2 aromatic carbocycles. The molecular formula is C37H52N2O5. The fraction of sp³-hybridized carbons (Fsp3) is 0.514. The van der Waals surface area contributed by atoms with Gasteiger partial charge in [0.05, 0.1) is 20.3 Å². The number of rotatable bonds is 17. The summed E-state index contributed by atoms with van der Waals surface area (Å²) in [5.74, 6) is 0.665. The number of alkyl carbamates (subject to hydrolysis) is 1. The summed E-state index contributed by atoms with van der Waals surface area (Å²) in [5.41, 5.74) is 1.23. The lowest BCUT2D eigenvalue weighted by atomic mass is 9.86. The molecular weight excluding hydrogens is 552 g/mol. The van der Waals surface area contributed by atoms with Gasteiger partial charge in [-0.2, -0.15) is 0 Å². The van der Waals surface area contributed by atoms with Crippen molar-refractivity contribution in [1.82, 2.24) is 10.2 Å². The molecule has 1 saturated heterocycles. The first-order chi connectivity index (χ1) is 21.0. The average molecular weight is 605 g/mol. The number of nitrogens with one attached hydrogen (secondary N) is 1. The van der Waals surface area contributed by atoms with E-state index in [1.165, 1.54) is 0 Å². The normalized spacial score (nSPS) is 18.9. The fourth-order valence-electron chi connectivity index (χ4n) is 6.14. The summed E-state index contributed by atoms with van der Waals surface area (Å²) in [6.07, 6.45) is 11.4. The third-order valence-corrected chi connectivity index (χ3v) is 8.89. The van der Waals surface area contributed by atoms with E-state index in [0.717, 1.165) is 59.8 Å². The van der Waals surface area contributed by atoms with Crippen LogP contribution in [-0.2, 0) is 19.9 Å². The summed E-state index contributed by atoms with van der Waals surface area (Å²) in [4.78, 5) is 28.8. The van der Waals surface area contributed by atoms with E-state index in [1.807, 2.05) is 30.0 Å². The molecule has 240 valence electrons. The summed E-state index contributed by atoms with van der Waals surface area (Å²) in [6.45, 7) is 18.5. The van der Waals surface area contributed by atoms with Crippen molar-refractivity contribution in [3.05, 3.63) is 73.3 Å². The largest absolute Gasteiger partial charge is 0.496 e. The Bertz CT molecular complexity index is 1320. The van der Waals surface area contributed by atoms with Gasteiger partial charge in [0.2, 0.25) is 5.91 Å². The standard InChI is InChI=1S/C37H52N2O5/c1-9-12-13-14-15-16-32(38-35(41)44-21-20-36(5,6)19-10-2)34(40)39-26-37(43-8,25-27(39)4)31-18-17-29-24-33(42-7)28(11-3)22-30(29)23-31/h9-11,17-18,22-24,27,32H,1-3,12-16,19-21,25-26H2,4-8H3,(H,38,41)/t27-,32+,37+/m1/s1. The van der Waals surface area contributed by atoms with E-state index in [2.05, 4.69) is 63.2 Å². The van der Waals surface area contributed by atoms with Crippen LogP contribution in [0.1, 0.15) is 83.3 Å². The van der Waals surface area contributed by atoms with Gasteiger partial charge in [0.25, 0.3) is 0 Å². The molecule has 0 radical (unpaired) electrons. The number of nitrogens with zero attached hydrogens (tertiary/aromatic N) is 1. The number of ether oxygens (including phenoxy) is 3. The van der Waals surface area contributed by atoms with E-state index in [9.17, 15) is 9.59 Å². The molecule has 1 aliphatic heterocycles. The fourth-order valence-corrected chi connectivity index (χ4v) is 6.14. The van der Waals surface area contributed by atoms with Gasteiger partial charge in [0.1, 0.15) is 17.4 Å². The van der Waals surface area contributed by atoms with E-state index < -0.39 is 17.7 Å². The van der Waals surface area contributed by atoms with Crippen LogP contribution in [0.3, 0.4) is 0 Å². The highest BCUT2D eigenvalue weighted by atomic mass is 16.5. The number of carbonyl (C=O) groups excluding carboxylic acids is 2. The Morgan fingerprint density at radius 2 is 1.86 bits per heavy atom. The Hall–Kier alpha value is -3.58. The van der Waals surface area contributed by atoms with Crippen molar-refractivity contribution in [3.63, 3.8) is 0 Å². The summed E-state index contributed by atoms with van der Waals surface area (Å²) in [5, 5.41) is 5.00. The summed E-state index contributed by atoms with van der Waals surface area (Å²) < 4.78 is 17.3. The highest BCUT2D eigenvalue weighted by Gasteiger charge is 2.47. The van der Waals surface area contributed by atoms with Crippen LogP contribution in [0.5, 0.6) is 5.75 Å². The maximum Gasteiger partial charge on any atom is 0.407 e. The van der Waals surface area contributed by atoms with Gasteiger partial charge in [-0.1, -0.05) is 63.6 Å². The van der Waals surface area contributed by atoms with Crippen molar-refractivity contribution >= 4 is 28.8 Å². The van der Waals surface area contributed by atoms with Crippen LogP contribution in [-0.4, -0.2) is 56.4 Å². The number of unbranched alkanes of at least 4 members (excludes halogenated alkanes) is 3. The molecule has 1 fully saturated rings. The van der Waals surface area contributed by atoms with E-state index in [-0.39, 0.29) is 24.0 Å². The predicted molar refractivity (Wildman–Crippen MR) is 180 cm³/mol. The van der Waals surface area contributed by atoms with Crippen molar-refractivity contribution in [2.45, 2.75) is 89.8 Å². The Labute approximate surface area is 264 Å². The second kappa shape index (κ2) is 15.9. The number of hydrogen-bond acceptors (Lipinski definition) is 5. The lowest BCUT2D eigenvalue weighted by Gasteiger charge is -2.30. The van der Waals surface area contributed by atoms with Crippen LogP contribution in [0, 0.1) is 5.41 Å². The zero-order chi connectivity index (χ0) is 32.3. The van der Waals surface area contributed by atoms with Crippen molar-refractivity contribution in [3.8, 4) is 5.75 Å². The first-order valence-electron chi connectivity index (χ1n) is 15.8. The van der Waals surface area contributed by atoms with Crippen molar-refractivity contribution in [1.29, 1.82) is 0 Å². The molecule has 0 bridgehead atoms. The molecule has 3 atom stereocenters. The second-order valence-electron chi connectivity index (χ2n) is 12.7. The quantitative estimate of drug-likeness (QED) is 0.146. The first kappa shape index (κ1) is 34.9. The number of likely N-dealkylation sites (tertiary alicyclic amines) is 1. The maximum absolute atomic E-state index is 14.1. The van der Waals surface area contributed by atoms with Gasteiger partial charge in [-0.3, -0.25) is 4.79 Å². The zero-order valence-corrected chi connectivity index (χ0v) is 27.5. The predicted octanol–water partition coefficient (Wildman–Crippen LogP) is 8.18. The van der Waals surface area contributed by atoms with Crippen LogP contribution >= 0.6 is 0 Å². The Morgan fingerprint density at radius 3 is 2.52 bits per heavy atom. The molecule has 1 N–H and O–H groups in total. The Balaban J connectivity index is 1.79. The minimum atomic E-state index is -0.679. The van der Waals surface area contributed by atoms with Gasteiger partial charge in [-0.15, -0.1) is 13.2 Å². The van der Waals surface area contributed by atoms with Gasteiger partial charge in [0.15, 0.2) is 0 Å². The van der Waals surface area contributed by atoms with Crippen LogP contribution < -0.4 is 10.1 Å². The van der Waals surface area contributed by atoms with Gasteiger partial charge < -0.3 is 24.4 Å². The van der Waals surface area contributed by atoms with Crippen LogP contribution in [0.4, 0.5) is 4.79 Å². The molecule has 2 amide bonds. The van der Waals surface area contributed by atoms with Crippen LogP contribution in [0.25, 0.3) is 16.8 Å². The molecule has 7 nitrogen and oxygen atoms in total. The number of methoxy groups -OCH3 is 2. The monoisotopic (exact) mass is 604 g/mol. The third-order valence-electron chi connectivity index (χ3n) is 8.89. The number of fused-ring (bicyclic) bond motifs is 1. The number of hydrogen-bond donors (Lipinski definition) is 1. The molecule has 0 aliphatic carbocycles. The maximum atomic E-state index is 14.1. The SMILES string of the molecule is C=CCCCCC[C@H](NC(=O)OCCC(C)(C)CC=C)C(=O)N1C[C@](OC)(c2ccc3cc(OC)c(C=C)cc3c2)C[C@H]1C. The lowest BCUT2D eigenvalue weighted by molar-refractivity contribution is -0.135. The van der Waals surface area contributed by atoms with Gasteiger partial charge in [0, 0.05) is 25.1 Å². The smallest absolute Gasteiger partial charge is 0.407 e. The topological polar surface area (TPSA) is 77.1 Å². The molecule has 0 spiro atoms. The van der Waals surface area contributed by atoms with Gasteiger partial charge in [-0.25, -0.2) is 4.79 Å². The van der Waals surface area contributed by atoms with E-state index in [1.54, 1.807) is 20.3 Å². The van der Waals surface area contributed by atoms with Crippen LogP contribution in [0.15, 0.2) is 62.2 Å². The highest BCUT2D eigenvalue weighted by Crippen LogP contribution is 2.41. The third kappa shape index (κ3) is 8.75. The Morgan fingerprint density at radius 1 is 1.09 bits per heavy atom. The van der Waals surface area contributed by atoms with Crippen LogP contribution in [0.2, 0.25) is 0 Å². The molecule has 0 aromatic heterocycles. The number of amides is 2. The minimum Gasteiger partial charge on any atom is -0.496 e. The lowest BCUT2D eigenvalue weighted by Crippen LogP contribution is -2.50. The number of allylic oxidation sites excluding steroid dienone is 2. The summed E-state index contributed by atoms with van der Waals surface area (Å²) >= 11 is 0. The average Bonchev–Trinajstić information content (AvgIpc) is 3.36. The molecule has 3 rings (SSSR count). The van der Waals surface area contributed by atoms with Crippen molar-refractivity contribution in [2.75, 3.05) is 27.4 Å². The highest BCUT2D eigenvalue weighted by molar-refractivity contribution is 5.88.